The third-order valence-corrected chi connectivity index (χ3v) is 5.90. The largest absolute Gasteiger partial charge is 0.480 e. The van der Waals surface area contributed by atoms with Crippen LogP contribution >= 0.6 is 0 Å². The van der Waals surface area contributed by atoms with E-state index in [1.807, 2.05) is 0 Å². The molecule has 2 atom stereocenters. The molecule has 0 aromatic carbocycles. The van der Waals surface area contributed by atoms with Gasteiger partial charge in [-0.15, -0.1) is 0 Å². The molecule has 0 N–H and O–H groups in total. The number of ether oxygens (including phenoxy) is 2. The van der Waals surface area contributed by atoms with Crippen LogP contribution in [0.2, 0.25) is 0 Å². The van der Waals surface area contributed by atoms with Gasteiger partial charge in [-0.2, -0.15) is 26.3 Å². The number of alkyl halides is 6. The maximum atomic E-state index is 11.4. The summed E-state index contributed by atoms with van der Waals surface area (Å²) >= 11 is 0. The van der Waals surface area contributed by atoms with E-state index in [1.54, 1.807) is 0 Å². The molecular formula is C11H13F6N3O6S2. The van der Waals surface area contributed by atoms with Gasteiger partial charge in [-0.25, -0.2) is 26.0 Å². The molecule has 17 heteroatoms. The van der Waals surface area contributed by atoms with Crippen molar-refractivity contribution in [3.8, 4) is 0 Å². The smallest absolute Gasteiger partial charge is 0.421 e. The summed E-state index contributed by atoms with van der Waals surface area (Å²) in [5.74, 6) is 0. The van der Waals surface area contributed by atoms with Crippen molar-refractivity contribution in [1.29, 1.82) is 0 Å². The second-order valence-corrected chi connectivity index (χ2v) is 9.06. The minimum atomic E-state index is -6.72. The van der Waals surface area contributed by atoms with Crippen LogP contribution in [0.5, 0.6) is 0 Å². The van der Waals surface area contributed by atoms with Crippen LogP contribution in [0, 0.1) is 0 Å². The van der Waals surface area contributed by atoms with E-state index in [-0.39, 0.29) is 0 Å². The van der Waals surface area contributed by atoms with Gasteiger partial charge in [0.2, 0.25) is 6.33 Å². The zero-order chi connectivity index (χ0) is 21.4. The van der Waals surface area contributed by atoms with Gasteiger partial charge in [-0.1, -0.05) is 0 Å². The lowest BCUT2D eigenvalue weighted by atomic mass is 10.5. The lowest BCUT2D eigenvalue weighted by molar-refractivity contribution is -0.697. The average molecular weight is 461 g/mol. The summed E-state index contributed by atoms with van der Waals surface area (Å²) in [6, 6.07) is 0. The zero-order valence-electron chi connectivity index (χ0n) is 13.6. The Morgan fingerprint density at radius 1 is 0.964 bits per heavy atom. The van der Waals surface area contributed by atoms with E-state index in [0.717, 1.165) is 30.4 Å². The minimum Gasteiger partial charge on any atom is -0.421 e. The monoisotopic (exact) mass is 461 g/mol. The molecule has 9 nitrogen and oxygen atoms in total. The molecule has 28 heavy (non-hydrogen) atoms. The molecule has 0 aliphatic carbocycles. The molecule has 2 saturated heterocycles. The Bertz CT molecular complexity index is 816. The lowest BCUT2D eigenvalue weighted by Gasteiger charge is -2.22. The van der Waals surface area contributed by atoms with Crippen LogP contribution in [0.15, 0.2) is 18.7 Å². The Balaban J connectivity index is 0.000000201. The first-order chi connectivity index (χ1) is 12.6. The summed E-state index contributed by atoms with van der Waals surface area (Å²) in [4.78, 5) is 0. The number of sulfonamides is 2. The molecule has 0 radical (unpaired) electrons. The van der Waals surface area contributed by atoms with Gasteiger partial charge in [-0.3, -0.25) is 0 Å². The number of imidazole rings is 1. The quantitative estimate of drug-likeness (QED) is 0.349. The fourth-order valence-corrected chi connectivity index (χ4v) is 3.40. The van der Waals surface area contributed by atoms with E-state index < -0.39 is 31.1 Å². The van der Waals surface area contributed by atoms with Crippen molar-refractivity contribution in [2.45, 2.75) is 36.3 Å². The van der Waals surface area contributed by atoms with Crippen LogP contribution in [0.25, 0.3) is 4.13 Å². The molecule has 1 aromatic heterocycles. The average Bonchev–Trinajstić information content (AvgIpc) is 3.38. The molecule has 2 unspecified atom stereocenters. The molecule has 0 amide bonds. The first kappa shape index (κ1) is 22.9. The van der Waals surface area contributed by atoms with Crippen molar-refractivity contribution < 1.29 is 57.2 Å². The van der Waals surface area contributed by atoms with Gasteiger partial charge in [-0.05, 0) is 0 Å². The highest BCUT2D eigenvalue weighted by molar-refractivity contribution is 8.13. The maximum absolute atomic E-state index is 11.4. The topological polar surface area (TPSA) is 116 Å². The van der Waals surface area contributed by atoms with E-state index in [2.05, 4.69) is 27.9 Å². The summed E-state index contributed by atoms with van der Waals surface area (Å²) < 4.78 is 124. The van der Waals surface area contributed by atoms with Gasteiger partial charge < -0.3 is 13.6 Å². The molecule has 3 rings (SSSR count). The van der Waals surface area contributed by atoms with Crippen LogP contribution in [0.1, 0.15) is 0 Å². The highest BCUT2D eigenvalue weighted by atomic mass is 32.3. The number of aromatic nitrogens is 2. The Kier molecular flexibility index (Phi) is 6.34. The Morgan fingerprint density at radius 3 is 1.82 bits per heavy atom. The third kappa shape index (κ3) is 6.57. The van der Waals surface area contributed by atoms with E-state index in [4.69, 9.17) is 9.47 Å². The van der Waals surface area contributed by atoms with Crippen LogP contribution in [-0.4, -0.2) is 57.8 Å². The zero-order valence-corrected chi connectivity index (χ0v) is 15.2. The SMILES string of the molecule is O=S(=O)([N-]S(=O)(=O)C(F)(F)F)C(F)(F)F.c1c[n+](CC2CO2)cn1CC1CO1. The van der Waals surface area contributed by atoms with Crippen LogP contribution in [0.3, 0.4) is 0 Å². The standard InChI is InChI=1S/C9H13N2O2.C2F6NO4S2/c1-2-11(4-9-6-13-9)7-10(1)3-8-5-12-8;3-1(4,5)14(10,11)9-15(12,13)2(6,7)8/h1-2,7-9H,3-6H2;/q+1;-1. The molecule has 2 aliphatic heterocycles. The number of epoxide rings is 2. The summed E-state index contributed by atoms with van der Waals surface area (Å²) in [5.41, 5.74) is -12.4. The Labute approximate surface area is 154 Å². The van der Waals surface area contributed by atoms with E-state index in [1.165, 1.54) is 0 Å². The first-order valence-electron chi connectivity index (χ1n) is 7.25. The van der Waals surface area contributed by atoms with Gasteiger partial charge in [0.25, 0.3) is 0 Å². The van der Waals surface area contributed by atoms with Gasteiger partial charge in [0.15, 0.2) is 20.0 Å². The van der Waals surface area contributed by atoms with E-state index >= 15 is 0 Å². The van der Waals surface area contributed by atoms with Crippen molar-refractivity contribution in [3.05, 3.63) is 22.8 Å². The Morgan fingerprint density at radius 2 is 1.43 bits per heavy atom. The minimum absolute atomic E-state index is 0.457. The van der Waals surface area contributed by atoms with Gasteiger partial charge >= 0.3 is 11.0 Å². The molecule has 0 saturated carbocycles. The fourth-order valence-electron chi connectivity index (χ4n) is 1.69. The summed E-state index contributed by atoms with van der Waals surface area (Å²) in [7, 11) is -13.4. The van der Waals surface area contributed by atoms with Crippen molar-refractivity contribution >= 4 is 20.0 Å². The highest BCUT2D eigenvalue weighted by Gasteiger charge is 2.46. The molecule has 1 aromatic rings. The molecular weight excluding hydrogens is 448 g/mol. The first-order valence-corrected chi connectivity index (χ1v) is 10.1. The van der Waals surface area contributed by atoms with Crippen molar-refractivity contribution in [2.75, 3.05) is 13.2 Å². The van der Waals surface area contributed by atoms with Crippen molar-refractivity contribution in [2.24, 2.45) is 0 Å². The third-order valence-electron chi connectivity index (χ3n) is 3.16. The van der Waals surface area contributed by atoms with Gasteiger partial charge in [0.05, 0.1) is 13.2 Å². The summed E-state index contributed by atoms with van der Waals surface area (Å²) in [5, 5.41) is 0. The maximum Gasteiger partial charge on any atom is 0.480 e. The predicted molar refractivity (Wildman–Crippen MR) is 77.4 cm³/mol. The molecule has 3 heterocycles. The molecule has 0 bridgehead atoms. The van der Waals surface area contributed by atoms with E-state index in [9.17, 15) is 43.2 Å². The van der Waals surface area contributed by atoms with E-state index in [0.29, 0.717) is 12.2 Å². The number of hydrogen-bond acceptors (Lipinski definition) is 6. The molecule has 2 fully saturated rings. The van der Waals surface area contributed by atoms with Gasteiger partial charge in [0, 0.05) is 0 Å². The molecule has 0 spiro atoms. The lowest BCUT2D eigenvalue weighted by Crippen LogP contribution is -2.34. The fraction of sp³-hybridized carbons (Fsp3) is 0.727. The molecule has 2 aliphatic rings. The van der Waals surface area contributed by atoms with Crippen LogP contribution in [0.4, 0.5) is 26.3 Å². The summed E-state index contributed by atoms with van der Waals surface area (Å²) in [6.07, 6.45) is 7.20. The predicted octanol–water partition coefficient (Wildman–Crippen LogP) is 0.633. The van der Waals surface area contributed by atoms with Gasteiger partial charge in [0.1, 0.15) is 37.7 Å². The van der Waals surface area contributed by atoms with Crippen LogP contribution in [-0.2, 0) is 42.6 Å². The van der Waals surface area contributed by atoms with Crippen LogP contribution < -0.4 is 4.57 Å². The van der Waals surface area contributed by atoms with Crippen molar-refractivity contribution in [1.82, 2.24) is 4.57 Å². The highest BCUT2D eigenvalue weighted by Crippen LogP contribution is 2.36. The second kappa shape index (κ2) is 7.77. The van der Waals surface area contributed by atoms with Crippen molar-refractivity contribution in [3.63, 3.8) is 0 Å². The number of hydrogen-bond donors (Lipinski definition) is 0. The number of halogens is 6. The number of nitrogens with zero attached hydrogens (tertiary/aromatic N) is 3. The molecule has 162 valence electrons. The second-order valence-electron chi connectivity index (χ2n) is 5.63. The number of rotatable bonds is 6. The summed E-state index contributed by atoms with van der Waals surface area (Å²) in [6.45, 7) is 3.81. The Hall–Kier alpha value is -1.43. The normalized spacial score (nSPS) is 22.4.